The van der Waals surface area contributed by atoms with Crippen LogP contribution < -0.4 is 5.32 Å². The molecule has 1 aromatic carbocycles. The number of aryl methyl sites for hydroxylation is 1. The molecule has 1 heterocycles. The number of anilines is 1. The van der Waals surface area contributed by atoms with E-state index in [1.165, 1.54) is 6.07 Å². The molecule has 0 aliphatic rings. The van der Waals surface area contributed by atoms with Crippen LogP contribution in [0, 0.1) is 24.1 Å². The molecule has 0 saturated heterocycles. The van der Waals surface area contributed by atoms with E-state index in [0.717, 1.165) is 16.8 Å². The van der Waals surface area contributed by atoms with Crippen LogP contribution in [-0.2, 0) is 6.54 Å². The molecule has 3 nitrogen and oxygen atoms in total. The van der Waals surface area contributed by atoms with Gasteiger partial charge in [-0.15, -0.1) is 0 Å². The summed E-state index contributed by atoms with van der Waals surface area (Å²) in [5.74, 6) is -0.279. The molecule has 0 bridgehead atoms. The average Bonchev–Trinajstić information content (AvgIpc) is 2.41. The summed E-state index contributed by atoms with van der Waals surface area (Å²) in [4.78, 5) is 3.91. The molecule has 1 N–H and O–H groups in total. The minimum atomic E-state index is -0.279. The maximum Gasteiger partial charge on any atom is 0.140 e. The lowest BCUT2D eigenvalue weighted by Gasteiger charge is -2.10. The van der Waals surface area contributed by atoms with Crippen molar-refractivity contribution in [1.29, 1.82) is 5.26 Å². The number of benzene rings is 1. The molecule has 0 atom stereocenters. The highest BCUT2D eigenvalue weighted by Gasteiger charge is 2.05. The zero-order valence-electron chi connectivity index (χ0n) is 10.2. The first-order valence-electron chi connectivity index (χ1n) is 5.64. The third-order valence-electron chi connectivity index (χ3n) is 2.69. The number of halogens is 2. The fraction of sp³-hybridized carbons (Fsp3) is 0.143. The number of aromatic nitrogens is 1. The molecule has 0 spiro atoms. The Bertz CT molecular complexity index is 650. The normalized spacial score (nSPS) is 10.0. The van der Waals surface area contributed by atoms with Gasteiger partial charge in [0, 0.05) is 18.4 Å². The third-order valence-corrected chi connectivity index (χ3v) is 3.30. The summed E-state index contributed by atoms with van der Waals surface area (Å²) in [6.45, 7) is 2.39. The first-order chi connectivity index (χ1) is 9.10. The van der Waals surface area contributed by atoms with Crippen molar-refractivity contribution < 1.29 is 4.39 Å². The minimum Gasteiger partial charge on any atom is -0.381 e. The van der Waals surface area contributed by atoms with E-state index in [2.05, 4.69) is 26.2 Å². The first kappa shape index (κ1) is 13.5. The van der Waals surface area contributed by atoms with Crippen LogP contribution in [0.4, 0.5) is 10.1 Å². The molecule has 0 unspecified atom stereocenters. The van der Waals surface area contributed by atoms with Crippen LogP contribution in [0.3, 0.4) is 0 Å². The summed E-state index contributed by atoms with van der Waals surface area (Å²) >= 11 is 3.16. The molecule has 0 radical (unpaired) electrons. The first-order valence-corrected chi connectivity index (χ1v) is 6.44. The van der Waals surface area contributed by atoms with Gasteiger partial charge >= 0.3 is 0 Å². The second-order valence-corrected chi connectivity index (χ2v) is 4.95. The molecular weight excluding hydrogens is 309 g/mol. The van der Waals surface area contributed by atoms with Gasteiger partial charge in [0.25, 0.3) is 0 Å². The summed E-state index contributed by atoms with van der Waals surface area (Å²) in [6, 6.07) is 8.73. The van der Waals surface area contributed by atoms with E-state index in [0.29, 0.717) is 16.7 Å². The molecule has 2 aromatic rings. The lowest BCUT2D eigenvalue weighted by atomic mass is 10.1. The highest BCUT2D eigenvalue weighted by atomic mass is 79.9. The van der Waals surface area contributed by atoms with Crippen LogP contribution in [0.5, 0.6) is 0 Å². The molecule has 0 amide bonds. The van der Waals surface area contributed by atoms with Crippen LogP contribution >= 0.6 is 15.9 Å². The van der Waals surface area contributed by atoms with Gasteiger partial charge < -0.3 is 5.32 Å². The number of nitrogens with zero attached hydrogens (tertiary/aromatic N) is 2. The predicted octanol–water partition coefficient (Wildman–Crippen LogP) is 3.78. The van der Waals surface area contributed by atoms with Gasteiger partial charge in [0.05, 0.1) is 4.47 Å². The van der Waals surface area contributed by atoms with E-state index in [1.54, 1.807) is 18.3 Å². The Morgan fingerprint density at radius 3 is 2.95 bits per heavy atom. The summed E-state index contributed by atoms with van der Waals surface area (Å²) < 4.78 is 13.7. The van der Waals surface area contributed by atoms with Crippen molar-refractivity contribution in [3.05, 3.63) is 57.6 Å². The quantitative estimate of drug-likeness (QED) is 0.936. The van der Waals surface area contributed by atoms with Gasteiger partial charge in [-0.1, -0.05) is 0 Å². The summed E-state index contributed by atoms with van der Waals surface area (Å²) in [7, 11) is 0. The van der Waals surface area contributed by atoms with E-state index in [9.17, 15) is 4.39 Å². The highest BCUT2D eigenvalue weighted by Crippen LogP contribution is 2.24. The van der Waals surface area contributed by atoms with Gasteiger partial charge in [0.1, 0.15) is 17.6 Å². The Labute approximate surface area is 119 Å². The van der Waals surface area contributed by atoms with Gasteiger partial charge in [-0.25, -0.2) is 9.37 Å². The van der Waals surface area contributed by atoms with Gasteiger partial charge in [-0.05, 0) is 58.2 Å². The second kappa shape index (κ2) is 5.81. The molecule has 0 aliphatic carbocycles. The van der Waals surface area contributed by atoms with Crippen LogP contribution in [0.25, 0.3) is 0 Å². The molecule has 0 aliphatic heterocycles. The fourth-order valence-electron chi connectivity index (χ4n) is 1.68. The van der Waals surface area contributed by atoms with Crippen molar-refractivity contribution in [2.24, 2.45) is 0 Å². The van der Waals surface area contributed by atoms with Crippen molar-refractivity contribution in [3.8, 4) is 6.07 Å². The summed E-state index contributed by atoms with van der Waals surface area (Å²) in [5, 5.41) is 12.0. The van der Waals surface area contributed by atoms with Crippen molar-refractivity contribution in [3.63, 3.8) is 0 Å². The van der Waals surface area contributed by atoms with Gasteiger partial charge in [0.15, 0.2) is 0 Å². The van der Waals surface area contributed by atoms with Crippen molar-refractivity contribution in [2.45, 2.75) is 13.5 Å². The lowest BCUT2D eigenvalue weighted by molar-refractivity contribution is 0.620. The fourth-order valence-corrected chi connectivity index (χ4v) is 2.02. The molecule has 0 saturated carbocycles. The topological polar surface area (TPSA) is 48.7 Å². The third kappa shape index (κ3) is 3.30. The number of hydrogen-bond acceptors (Lipinski definition) is 3. The lowest BCUT2D eigenvalue weighted by Crippen LogP contribution is -2.02. The van der Waals surface area contributed by atoms with Gasteiger partial charge in [-0.2, -0.15) is 5.26 Å². The van der Waals surface area contributed by atoms with Crippen molar-refractivity contribution >= 4 is 21.6 Å². The second-order valence-electron chi connectivity index (χ2n) is 4.10. The van der Waals surface area contributed by atoms with Crippen LogP contribution in [0.15, 0.2) is 34.9 Å². The Balaban J connectivity index is 2.14. The minimum absolute atomic E-state index is 0.279. The number of pyridine rings is 1. The summed E-state index contributed by atoms with van der Waals surface area (Å²) in [5.41, 5.74) is 3.02. The highest BCUT2D eigenvalue weighted by molar-refractivity contribution is 9.10. The number of hydrogen-bond donors (Lipinski definition) is 1. The summed E-state index contributed by atoms with van der Waals surface area (Å²) in [6.07, 6.45) is 1.60. The molecule has 0 fully saturated rings. The van der Waals surface area contributed by atoms with Crippen molar-refractivity contribution in [2.75, 3.05) is 5.32 Å². The van der Waals surface area contributed by atoms with Crippen LogP contribution in [-0.4, -0.2) is 4.98 Å². The number of rotatable bonds is 3. The van der Waals surface area contributed by atoms with Crippen molar-refractivity contribution in [1.82, 2.24) is 4.98 Å². The Morgan fingerprint density at radius 1 is 1.42 bits per heavy atom. The maximum absolute atomic E-state index is 13.3. The Morgan fingerprint density at radius 2 is 2.21 bits per heavy atom. The SMILES string of the molecule is Cc1cc(F)c(Br)cc1NCc1ccnc(C#N)c1. The molecule has 2 rings (SSSR count). The monoisotopic (exact) mass is 319 g/mol. The van der Waals surface area contributed by atoms with Crippen LogP contribution in [0.2, 0.25) is 0 Å². The van der Waals surface area contributed by atoms with Crippen LogP contribution in [0.1, 0.15) is 16.8 Å². The van der Waals surface area contributed by atoms with E-state index >= 15 is 0 Å². The van der Waals surface area contributed by atoms with E-state index in [4.69, 9.17) is 5.26 Å². The van der Waals surface area contributed by atoms with E-state index in [-0.39, 0.29) is 5.82 Å². The zero-order chi connectivity index (χ0) is 13.8. The van der Waals surface area contributed by atoms with E-state index in [1.807, 2.05) is 19.1 Å². The molecule has 5 heteroatoms. The predicted molar refractivity (Wildman–Crippen MR) is 75.1 cm³/mol. The maximum atomic E-state index is 13.3. The average molecular weight is 320 g/mol. The largest absolute Gasteiger partial charge is 0.381 e. The number of nitriles is 1. The molecular formula is C14H11BrFN3. The Kier molecular flexibility index (Phi) is 4.13. The smallest absolute Gasteiger partial charge is 0.140 e. The molecule has 96 valence electrons. The standard InChI is InChI=1S/C14H11BrFN3/c1-9-4-13(16)12(15)6-14(9)19-8-10-2-3-18-11(5-10)7-17/h2-6,19H,8H2,1H3. The number of nitrogens with one attached hydrogen (secondary N) is 1. The molecule has 1 aromatic heterocycles. The zero-order valence-corrected chi connectivity index (χ0v) is 11.8. The van der Waals surface area contributed by atoms with Gasteiger partial charge in [-0.3, -0.25) is 0 Å². The Hall–Kier alpha value is -1.93. The molecule has 19 heavy (non-hydrogen) atoms. The van der Waals surface area contributed by atoms with E-state index < -0.39 is 0 Å². The van der Waals surface area contributed by atoms with Gasteiger partial charge in [0.2, 0.25) is 0 Å².